The van der Waals surface area contributed by atoms with E-state index in [2.05, 4.69) is 41.3 Å². The molecule has 10 heteroatoms. The van der Waals surface area contributed by atoms with Crippen molar-refractivity contribution in [3.63, 3.8) is 0 Å². The van der Waals surface area contributed by atoms with Crippen molar-refractivity contribution in [3.05, 3.63) is 0 Å². The maximum absolute atomic E-state index is 10.8. The summed E-state index contributed by atoms with van der Waals surface area (Å²) in [7, 11) is 0. The van der Waals surface area contributed by atoms with Gasteiger partial charge >= 0.3 is 11.9 Å². The van der Waals surface area contributed by atoms with Crippen LogP contribution in [0.3, 0.4) is 0 Å². The van der Waals surface area contributed by atoms with Gasteiger partial charge in [-0.3, -0.25) is 9.59 Å². The van der Waals surface area contributed by atoms with Crippen LogP contribution < -0.4 is 0 Å². The van der Waals surface area contributed by atoms with Crippen LogP contribution >= 0.6 is 31.9 Å². The van der Waals surface area contributed by atoms with Gasteiger partial charge in [0.1, 0.15) is 48.3 Å². The average Bonchev–Trinajstić information content (AvgIpc) is 2.47. The molecule has 4 N–H and O–H groups in total. The number of hydrogen-bond donors (Lipinski definition) is 4. The summed E-state index contributed by atoms with van der Waals surface area (Å²) < 4.78 is 9.08. The fraction of sp³-hybridized carbons (Fsp3) is 0.800. The lowest BCUT2D eigenvalue weighted by molar-refractivity contribution is -0.160. The Kier molecular flexibility index (Phi) is 10.3. The standard InChI is InChI=1S/C10H16Br2O8/c11-1-7(15)19-3-5(13)9(17)10(18)6(14)4-20-8(16)2-12/h5-6,9-10,13-14,17-18H,1-4H2/t5-,6+,9-,10-/m1/s1. The van der Waals surface area contributed by atoms with Gasteiger partial charge in [0.25, 0.3) is 0 Å². The molecule has 0 aliphatic carbocycles. The van der Waals surface area contributed by atoms with Gasteiger partial charge in [-0.2, -0.15) is 0 Å². The SMILES string of the molecule is O=C(CBr)OC[C@@H](O)[C@@H](O)[C@H](O)[C@@H](O)COC(=O)CBr. The van der Waals surface area contributed by atoms with E-state index in [1.54, 1.807) is 0 Å². The molecule has 0 amide bonds. The van der Waals surface area contributed by atoms with Crippen LogP contribution in [0.1, 0.15) is 0 Å². The zero-order valence-corrected chi connectivity index (χ0v) is 13.5. The maximum Gasteiger partial charge on any atom is 0.316 e. The molecule has 0 radical (unpaired) electrons. The maximum atomic E-state index is 10.8. The molecule has 0 aliphatic rings. The van der Waals surface area contributed by atoms with Crippen molar-refractivity contribution in [1.29, 1.82) is 0 Å². The van der Waals surface area contributed by atoms with Crippen LogP contribution in [0, 0.1) is 0 Å². The topological polar surface area (TPSA) is 134 Å². The molecule has 0 aliphatic heterocycles. The van der Waals surface area contributed by atoms with E-state index in [0.717, 1.165) is 0 Å². The highest BCUT2D eigenvalue weighted by atomic mass is 79.9. The molecule has 0 unspecified atom stereocenters. The summed E-state index contributed by atoms with van der Waals surface area (Å²) in [5, 5.41) is 37.9. The minimum atomic E-state index is -1.77. The zero-order chi connectivity index (χ0) is 15.7. The third-order valence-corrected chi connectivity index (χ3v) is 3.10. The smallest absolute Gasteiger partial charge is 0.316 e. The first kappa shape index (κ1) is 19.7. The number of carbonyl (C=O) groups excluding carboxylic acids is 2. The van der Waals surface area contributed by atoms with E-state index in [4.69, 9.17) is 0 Å². The minimum Gasteiger partial charge on any atom is -0.462 e. The lowest BCUT2D eigenvalue weighted by Crippen LogP contribution is -2.48. The summed E-state index contributed by atoms with van der Waals surface area (Å²) in [6, 6.07) is 0. The van der Waals surface area contributed by atoms with Crippen molar-refractivity contribution < 1.29 is 39.5 Å². The first-order valence-electron chi connectivity index (χ1n) is 5.48. The average molecular weight is 424 g/mol. The number of halogens is 2. The second kappa shape index (κ2) is 10.5. The molecular weight excluding hydrogens is 408 g/mol. The molecule has 0 aromatic rings. The van der Waals surface area contributed by atoms with E-state index < -0.39 is 49.6 Å². The van der Waals surface area contributed by atoms with Crippen molar-refractivity contribution in [3.8, 4) is 0 Å². The molecule has 0 saturated heterocycles. The molecule has 118 valence electrons. The number of rotatable bonds is 9. The van der Waals surface area contributed by atoms with Crippen LogP contribution in [0.15, 0.2) is 0 Å². The van der Waals surface area contributed by atoms with Gasteiger partial charge in [0, 0.05) is 0 Å². The summed E-state index contributed by atoms with van der Waals surface area (Å²) in [5.74, 6) is -1.31. The van der Waals surface area contributed by atoms with E-state index in [9.17, 15) is 30.0 Å². The van der Waals surface area contributed by atoms with Gasteiger partial charge in [-0.25, -0.2) is 0 Å². The lowest BCUT2D eigenvalue weighted by atomic mass is 10.0. The third-order valence-electron chi connectivity index (χ3n) is 2.19. The highest BCUT2D eigenvalue weighted by molar-refractivity contribution is 9.09. The zero-order valence-electron chi connectivity index (χ0n) is 10.3. The van der Waals surface area contributed by atoms with Gasteiger partial charge in [0.15, 0.2) is 0 Å². The Morgan fingerprint density at radius 3 is 1.35 bits per heavy atom. The highest BCUT2D eigenvalue weighted by Gasteiger charge is 2.31. The Hall–Kier alpha value is -0.260. The second-order valence-electron chi connectivity index (χ2n) is 3.75. The molecule has 0 heterocycles. The summed E-state index contributed by atoms with van der Waals surface area (Å²) in [6.45, 7) is -1.09. The number of carbonyl (C=O) groups is 2. The predicted octanol–water partition coefficient (Wildman–Crippen LogP) is -1.69. The quantitative estimate of drug-likeness (QED) is 0.255. The van der Waals surface area contributed by atoms with E-state index in [0.29, 0.717) is 0 Å². The third kappa shape index (κ3) is 7.50. The molecule has 20 heavy (non-hydrogen) atoms. The number of alkyl halides is 2. The van der Waals surface area contributed by atoms with Crippen molar-refractivity contribution in [1.82, 2.24) is 0 Å². The molecule has 0 aromatic heterocycles. The molecule has 4 atom stereocenters. The molecular formula is C10H16Br2O8. The first-order chi connectivity index (χ1) is 9.33. The number of aliphatic hydroxyl groups is 4. The second-order valence-corrected chi connectivity index (χ2v) is 4.87. The van der Waals surface area contributed by atoms with Gasteiger partial charge in [-0.05, 0) is 0 Å². The first-order valence-corrected chi connectivity index (χ1v) is 7.73. The number of hydrogen-bond acceptors (Lipinski definition) is 8. The van der Waals surface area contributed by atoms with Crippen molar-refractivity contribution in [2.75, 3.05) is 23.9 Å². The van der Waals surface area contributed by atoms with Gasteiger partial charge in [-0.15, -0.1) is 0 Å². The largest absolute Gasteiger partial charge is 0.462 e. The molecule has 0 spiro atoms. The number of ether oxygens (including phenoxy) is 2. The predicted molar refractivity (Wildman–Crippen MR) is 73.5 cm³/mol. The van der Waals surface area contributed by atoms with Gasteiger partial charge < -0.3 is 29.9 Å². The Labute approximate surface area is 131 Å². The summed E-state index contributed by atoms with van der Waals surface area (Å²) >= 11 is 5.67. The summed E-state index contributed by atoms with van der Waals surface area (Å²) in [5.41, 5.74) is 0. The summed E-state index contributed by atoms with van der Waals surface area (Å²) in [4.78, 5) is 21.6. The van der Waals surface area contributed by atoms with Crippen LogP contribution in [0.2, 0.25) is 0 Å². The van der Waals surface area contributed by atoms with Gasteiger partial charge in [0.2, 0.25) is 0 Å². The van der Waals surface area contributed by atoms with E-state index in [1.165, 1.54) is 0 Å². The fourth-order valence-electron chi connectivity index (χ4n) is 1.09. The minimum absolute atomic E-state index is 0.0799. The van der Waals surface area contributed by atoms with Gasteiger partial charge in [0.05, 0.1) is 0 Å². The summed E-state index contributed by atoms with van der Waals surface area (Å²) in [6.07, 6.45) is -6.71. The van der Waals surface area contributed by atoms with Gasteiger partial charge in [-0.1, -0.05) is 31.9 Å². The molecule has 8 nitrogen and oxygen atoms in total. The fourth-order valence-corrected chi connectivity index (χ4v) is 1.41. The molecule has 0 aromatic carbocycles. The molecule has 0 saturated carbocycles. The van der Waals surface area contributed by atoms with Crippen LogP contribution in [0.5, 0.6) is 0 Å². The van der Waals surface area contributed by atoms with E-state index >= 15 is 0 Å². The Morgan fingerprint density at radius 2 is 1.10 bits per heavy atom. The van der Waals surface area contributed by atoms with Crippen LogP contribution in [0.4, 0.5) is 0 Å². The van der Waals surface area contributed by atoms with Crippen LogP contribution in [-0.4, -0.2) is 80.7 Å². The highest BCUT2D eigenvalue weighted by Crippen LogP contribution is 2.07. The van der Waals surface area contributed by atoms with Crippen molar-refractivity contribution >= 4 is 43.8 Å². The Morgan fingerprint density at radius 1 is 0.800 bits per heavy atom. The van der Waals surface area contributed by atoms with Crippen molar-refractivity contribution in [2.45, 2.75) is 24.4 Å². The lowest BCUT2D eigenvalue weighted by Gasteiger charge is -2.26. The normalized spacial score (nSPS) is 16.9. The van der Waals surface area contributed by atoms with Crippen molar-refractivity contribution in [2.24, 2.45) is 0 Å². The Bertz CT molecular complexity index is 284. The van der Waals surface area contributed by atoms with Crippen LogP contribution in [-0.2, 0) is 19.1 Å². The van der Waals surface area contributed by atoms with E-state index in [-0.39, 0.29) is 10.7 Å². The molecule has 0 rings (SSSR count). The monoisotopic (exact) mass is 422 g/mol. The molecule has 0 fully saturated rings. The molecule has 0 bridgehead atoms. The number of esters is 2. The Balaban J connectivity index is 4.19. The number of aliphatic hydroxyl groups excluding tert-OH is 4. The van der Waals surface area contributed by atoms with E-state index in [1.807, 2.05) is 0 Å². The van der Waals surface area contributed by atoms with Crippen LogP contribution in [0.25, 0.3) is 0 Å².